The number of aryl methyl sites for hydroxylation is 1. The van der Waals surface area contributed by atoms with Crippen LogP contribution in [0.25, 0.3) is 0 Å². The van der Waals surface area contributed by atoms with Crippen molar-refractivity contribution in [3.63, 3.8) is 0 Å². The third kappa shape index (κ3) is 3.20. The van der Waals surface area contributed by atoms with Gasteiger partial charge in [0.05, 0.1) is 17.6 Å². The molecular weight excluding hydrogens is 256 g/mol. The summed E-state index contributed by atoms with van der Waals surface area (Å²) in [7, 11) is 0. The smallest absolute Gasteiger partial charge is 0.274 e. The van der Waals surface area contributed by atoms with Crippen molar-refractivity contribution in [1.29, 1.82) is 0 Å². The van der Waals surface area contributed by atoms with Crippen LogP contribution in [0.4, 0.5) is 5.69 Å². The number of nitrogens with one attached hydrogen (secondary N) is 2. The molecule has 0 spiro atoms. The van der Waals surface area contributed by atoms with Gasteiger partial charge < -0.3 is 15.5 Å². The van der Waals surface area contributed by atoms with Crippen molar-refractivity contribution in [3.05, 3.63) is 35.5 Å². The summed E-state index contributed by atoms with van der Waals surface area (Å²) in [5.74, 6) is 0.569. The number of nitrogens with two attached hydrogens (primary N) is 1. The normalized spacial score (nSPS) is 12.3. The molecule has 0 bridgehead atoms. The zero-order valence-electron chi connectivity index (χ0n) is 11.8. The molecule has 2 aromatic heterocycles. The Morgan fingerprint density at radius 2 is 2.40 bits per heavy atom. The second-order valence-electron chi connectivity index (χ2n) is 4.87. The van der Waals surface area contributed by atoms with Crippen molar-refractivity contribution >= 4 is 11.6 Å². The number of aromatic nitrogens is 2. The van der Waals surface area contributed by atoms with Gasteiger partial charge in [0.1, 0.15) is 5.76 Å². The third-order valence-corrected chi connectivity index (χ3v) is 3.06. The lowest BCUT2D eigenvalue weighted by atomic mass is 10.1. The summed E-state index contributed by atoms with van der Waals surface area (Å²) in [6.45, 7) is 3.96. The van der Waals surface area contributed by atoms with Crippen molar-refractivity contribution in [2.75, 3.05) is 5.73 Å². The van der Waals surface area contributed by atoms with Gasteiger partial charge in [-0.05, 0) is 25.5 Å². The number of nitrogen functional groups attached to an aromatic ring is 1. The number of rotatable bonds is 6. The van der Waals surface area contributed by atoms with Gasteiger partial charge in [0, 0.05) is 12.5 Å². The lowest BCUT2D eigenvalue weighted by molar-refractivity contribution is 0.0935. The molecule has 0 aliphatic heterocycles. The number of nitrogens with zero attached hydrogens (tertiary/aromatic N) is 1. The maximum Gasteiger partial charge on any atom is 0.274 e. The Hall–Kier alpha value is -2.24. The van der Waals surface area contributed by atoms with Crippen LogP contribution in [-0.4, -0.2) is 22.1 Å². The highest BCUT2D eigenvalue weighted by molar-refractivity contribution is 5.97. The summed E-state index contributed by atoms with van der Waals surface area (Å²) in [5.41, 5.74) is 7.45. The van der Waals surface area contributed by atoms with Gasteiger partial charge >= 0.3 is 0 Å². The maximum absolute atomic E-state index is 12.1. The lowest BCUT2D eigenvalue weighted by Crippen LogP contribution is -2.34. The summed E-state index contributed by atoms with van der Waals surface area (Å²) in [6.07, 6.45) is 3.98. The first kappa shape index (κ1) is 14.2. The molecule has 4 N–H and O–H groups in total. The number of aromatic amines is 1. The first-order valence-corrected chi connectivity index (χ1v) is 6.77. The van der Waals surface area contributed by atoms with Crippen LogP contribution >= 0.6 is 0 Å². The monoisotopic (exact) mass is 276 g/mol. The van der Waals surface area contributed by atoms with E-state index in [9.17, 15) is 4.79 Å². The Balaban J connectivity index is 1.97. The van der Waals surface area contributed by atoms with Crippen LogP contribution < -0.4 is 11.1 Å². The van der Waals surface area contributed by atoms with E-state index in [0.717, 1.165) is 24.3 Å². The van der Waals surface area contributed by atoms with Gasteiger partial charge in [-0.2, -0.15) is 5.10 Å². The van der Waals surface area contributed by atoms with Gasteiger partial charge in [0.25, 0.3) is 5.91 Å². The highest BCUT2D eigenvalue weighted by atomic mass is 16.3. The average Bonchev–Trinajstić information content (AvgIpc) is 3.01. The Morgan fingerprint density at radius 3 is 3.05 bits per heavy atom. The zero-order chi connectivity index (χ0) is 14.5. The molecule has 2 rings (SSSR count). The van der Waals surface area contributed by atoms with E-state index in [1.165, 1.54) is 0 Å². The summed E-state index contributed by atoms with van der Waals surface area (Å²) >= 11 is 0. The van der Waals surface area contributed by atoms with Crippen LogP contribution in [0.3, 0.4) is 0 Å². The van der Waals surface area contributed by atoms with Crippen LogP contribution in [0.15, 0.2) is 22.8 Å². The minimum atomic E-state index is -0.264. The number of hydrogen-bond acceptors (Lipinski definition) is 4. The predicted molar refractivity (Wildman–Crippen MR) is 76.3 cm³/mol. The van der Waals surface area contributed by atoms with E-state index < -0.39 is 0 Å². The Labute approximate surface area is 117 Å². The fraction of sp³-hybridized carbons (Fsp3) is 0.429. The molecule has 108 valence electrons. The summed E-state index contributed by atoms with van der Waals surface area (Å²) in [6, 6.07) is 3.65. The van der Waals surface area contributed by atoms with E-state index in [4.69, 9.17) is 10.2 Å². The number of hydrogen-bond donors (Lipinski definition) is 3. The Bertz CT molecular complexity index is 560. The van der Waals surface area contributed by atoms with Gasteiger partial charge in [-0.15, -0.1) is 0 Å². The van der Waals surface area contributed by atoms with Gasteiger partial charge in [0.15, 0.2) is 5.69 Å². The molecule has 0 aliphatic rings. The van der Waals surface area contributed by atoms with E-state index >= 15 is 0 Å². The first-order chi connectivity index (χ1) is 9.61. The molecule has 0 saturated carbocycles. The standard InChI is InChI=1S/C14H20N4O2/c1-3-5-11-12(15)13(18-17-11)14(19)16-9(2)8-10-6-4-7-20-10/h4,6-7,9H,3,5,8,15H2,1-2H3,(H,16,19)(H,17,18). The van der Waals surface area contributed by atoms with Crippen molar-refractivity contribution < 1.29 is 9.21 Å². The highest BCUT2D eigenvalue weighted by Crippen LogP contribution is 2.15. The Kier molecular flexibility index (Phi) is 4.45. The summed E-state index contributed by atoms with van der Waals surface area (Å²) < 4.78 is 5.25. The molecule has 0 saturated heterocycles. The second-order valence-corrected chi connectivity index (χ2v) is 4.87. The quantitative estimate of drug-likeness (QED) is 0.750. The molecular formula is C14H20N4O2. The number of carbonyl (C=O) groups is 1. The van der Waals surface area contributed by atoms with E-state index in [-0.39, 0.29) is 17.6 Å². The fourth-order valence-corrected chi connectivity index (χ4v) is 2.07. The first-order valence-electron chi connectivity index (χ1n) is 6.77. The van der Waals surface area contributed by atoms with E-state index in [2.05, 4.69) is 15.5 Å². The molecule has 20 heavy (non-hydrogen) atoms. The van der Waals surface area contributed by atoms with Gasteiger partial charge in [-0.25, -0.2) is 0 Å². The van der Waals surface area contributed by atoms with Gasteiger partial charge in [-0.3, -0.25) is 9.89 Å². The van der Waals surface area contributed by atoms with Crippen molar-refractivity contribution in [3.8, 4) is 0 Å². The van der Waals surface area contributed by atoms with Crippen LogP contribution in [0.2, 0.25) is 0 Å². The number of H-pyrrole nitrogens is 1. The van der Waals surface area contributed by atoms with Crippen molar-refractivity contribution in [1.82, 2.24) is 15.5 Å². The lowest BCUT2D eigenvalue weighted by Gasteiger charge is -2.11. The fourth-order valence-electron chi connectivity index (χ4n) is 2.07. The SMILES string of the molecule is CCCc1[nH]nc(C(=O)NC(C)Cc2ccco2)c1N. The summed E-state index contributed by atoms with van der Waals surface area (Å²) in [4.78, 5) is 12.1. The zero-order valence-corrected chi connectivity index (χ0v) is 11.8. The number of carbonyl (C=O) groups excluding carboxylic acids is 1. The molecule has 1 amide bonds. The van der Waals surface area contributed by atoms with E-state index in [0.29, 0.717) is 12.1 Å². The summed E-state index contributed by atoms with van der Waals surface area (Å²) in [5, 5.41) is 9.69. The number of furan rings is 1. The molecule has 0 aromatic carbocycles. The number of anilines is 1. The molecule has 6 nitrogen and oxygen atoms in total. The molecule has 0 radical (unpaired) electrons. The topological polar surface area (TPSA) is 96.9 Å². The van der Waals surface area contributed by atoms with Crippen molar-refractivity contribution in [2.24, 2.45) is 0 Å². The second kappa shape index (κ2) is 6.27. The van der Waals surface area contributed by atoms with Crippen LogP contribution in [0.5, 0.6) is 0 Å². The predicted octanol–water partition coefficient (Wildman–Crippen LogP) is 1.90. The molecule has 2 aromatic rings. The van der Waals surface area contributed by atoms with Gasteiger partial charge in [0.2, 0.25) is 0 Å². The van der Waals surface area contributed by atoms with Crippen molar-refractivity contribution in [2.45, 2.75) is 39.2 Å². The molecule has 6 heteroatoms. The van der Waals surface area contributed by atoms with Gasteiger partial charge in [-0.1, -0.05) is 13.3 Å². The molecule has 0 fully saturated rings. The largest absolute Gasteiger partial charge is 0.469 e. The Morgan fingerprint density at radius 1 is 1.60 bits per heavy atom. The minimum absolute atomic E-state index is 0.0561. The van der Waals surface area contributed by atoms with E-state index in [1.54, 1.807) is 6.26 Å². The number of amides is 1. The van der Waals surface area contributed by atoms with Crippen LogP contribution in [-0.2, 0) is 12.8 Å². The van der Waals surface area contributed by atoms with Crippen LogP contribution in [0, 0.1) is 0 Å². The highest BCUT2D eigenvalue weighted by Gasteiger charge is 2.18. The molecule has 1 unspecified atom stereocenters. The third-order valence-electron chi connectivity index (χ3n) is 3.06. The molecule has 1 atom stereocenters. The average molecular weight is 276 g/mol. The van der Waals surface area contributed by atoms with E-state index in [1.807, 2.05) is 26.0 Å². The minimum Gasteiger partial charge on any atom is -0.469 e. The maximum atomic E-state index is 12.1. The molecule has 2 heterocycles. The molecule has 0 aliphatic carbocycles. The van der Waals surface area contributed by atoms with Crippen LogP contribution in [0.1, 0.15) is 42.2 Å².